The Bertz CT molecular complexity index is 816. The number of fused-ring (bicyclic) bond motifs is 1. The van der Waals surface area contributed by atoms with Gasteiger partial charge in [0.05, 0.1) is 0 Å². The number of hydrogen-bond acceptors (Lipinski definition) is 5. The van der Waals surface area contributed by atoms with Gasteiger partial charge in [-0.3, -0.25) is 14.7 Å². The first-order valence-electron chi connectivity index (χ1n) is 8.92. The number of piperidine rings is 1. The molecule has 1 aliphatic rings. The van der Waals surface area contributed by atoms with Crippen LogP contribution in [-0.4, -0.2) is 56.6 Å². The van der Waals surface area contributed by atoms with E-state index in [1.54, 1.807) is 13.8 Å². The maximum Gasteiger partial charge on any atom is 0.288 e. The van der Waals surface area contributed by atoms with Crippen LogP contribution in [0.2, 0.25) is 0 Å². The van der Waals surface area contributed by atoms with Crippen LogP contribution in [0.25, 0.3) is 5.78 Å². The summed E-state index contributed by atoms with van der Waals surface area (Å²) < 4.78 is 1.21. The number of carbonyl (C=O) groups excluding carboxylic acids is 1. The summed E-state index contributed by atoms with van der Waals surface area (Å²) in [6.45, 7) is 9.63. The first-order valence-corrected chi connectivity index (χ1v) is 8.92. The van der Waals surface area contributed by atoms with E-state index < -0.39 is 0 Å². The van der Waals surface area contributed by atoms with Crippen molar-refractivity contribution in [2.24, 2.45) is 5.92 Å². The van der Waals surface area contributed by atoms with E-state index in [4.69, 9.17) is 0 Å². The molecule has 3 rings (SSSR count). The summed E-state index contributed by atoms with van der Waals surface area (Å²) in [4.78, 5) is 35.2. The number of rotatable bonds is 5. The van der Waals surface area contributed by atoms with Crippen molar-refractivity contribution >= 4 is 11.7 Å². The van der Waals surface area contributed by atoms with Crippen LogP contribution in [0, 0.1) is 19.8 Å². The van der Waals surface area contributed by atoms with Gasteiger partial charge in [0.2, 0.25) is 5.82 Å². The van der Waals surface area contributed by atoms with Gasteiger partial charge >= 0.3 is 0 Å². The van der Waals surface area contributed by atoms with E-state index in [2.05, 4.69) is 32.2 Å². The number of aryl methyl sites for hydroxylation is 1. The lowest BCUT2D eigenvalue weighted by molar-refractivity contribution is 0.0940. The van der Waals surface area contributed by atoms with Crippen LogP contribution in [0.15, 0.2) is 4.79 Å². The third-order valence-electron chi connectivity index (χ3n) is 4.99. The molecule has 136 valence electrons. The normalized spacial score (nSPS) is 16.4. The zero-order valence-electron chi connectivity index (χ0n) is 15.1. The molecule has 1 amide bonds. The van der Waals surface area contributed by atoms with Gasteiger partial charge in [-0.15, -0.1) is 0 Å². The largest absolute Gasteiger partial charge is 0.349 e. The number of likely N-dealkylation sites (tertiary alicyclic amines) is 1. The fraction of sp³-hybridized carbons (Fsp3) is 0.647. The molecule has 0 aliphatic carbocycles. The van der Waals surface area contributed by atoms with Gasteiger partial charge in [0.15, 0.2) is 0 Å². The maximum absolute atomic E-state index is 12.2. The van der Waals surface area contributed by atoms with E-state index in [9.17, 15) is 9.59 Å². The molecule has 2 N–H and O–H groups in total. The predicted molar refractivity (Wildman–Crippen MR) is 94.9 cm³/mol. The molecule has 8 heteroatoms. The molecule has 25 heavy (non-hydrogen) atoms. The molecule has 1 fully saturated rings. The number of aromatic amines is 1. The minimum Gasteiger partial charge on any atom is -0.349 e. The molecular weight excluding hydrogens is 320 g/mol. The number of aromatic nitrogens is 4. The van der Waals surface area contributed by atoms with Gasteiger partial charge in [0, 0.05) is 17.8 Å². The van der Waals surface area contributed by atoms with Crippen LogP contribution >= 0.6 is 0 Å². The van der Waals surface area contributed by atoms with Crippen LogP contribution in [-0.2, 0) is 0 Å². The molecule has 1 saturated heterocycles. The second-order valence-corrected chi connectivity index (χ2v) is 6.97. The number of nitrogens with one attached hydrogen (secondary N) is 2. The monoisotopic (exact) mass is 346 g/mol. The highest BCUT2D eigenvalue weighted by molar-refractivity contribution is 5.90. The van der Waals surface area contributed by atoms with Crippen molar-refractivity contribution < 1.29 is 4.79 Å². The van der Waals surface area contributed by atoms with Crippen LogP contribution in [0.1, 0.15) is 48.1 Å². The predicted octanol–water partition coefficient (Wildman–Crippen LogP) is 0.886. The fourth-order valence-electron chi connectivity index (χ4n) is 3.08. The Balaban J connectivity index is 1.54. The van der Waals surface area contributed by atoms with Gasteiger partial charge in [-0.05, 0) is 58.7 Å². The molecule has 0 radical (unpaired) electrons. The molecule has 0 saturated carbocycles. The van der Waals surface area contributed by atoms with Crippen molar-refractivity contribution in [2.45, 2.75) is 40.0 Å². The highest BCUT2D eigenvalue weighted by Gasteiger charge is 2.16. The molecule has 2 aromatic rings. The Morgan fingerprint density at radius 3 is 2.72 bits per heavy atom. The van der Waals surface area contributed by atoms with Crippen molar-refractivity contribution in [2.75, 3.05) is 26.2 Å². The third-order valence-corrected chi connectivity index (χ3v) is 4.99. The minimum absolute atomic E-state index is 0.112. The van der Waals surface area contributed by atoms with Crippen molar-refractivity contribution in [1.82, 2.24) is 29.8 Å². The van der Waals surface area contributed by atoms with E-state index in [1.807, 2.05) is 0 Å². The Kier molecular flexibility index (Phi) is 5.17. The average molecular weight is 346 g/mol. The molecule has 3 heterocycles. The summed E-state index contributed by atoms with van der Waals surface area (Å²) in [5.74, 6) is 0.850. The topological polar surface area (TPSA) is 95.4 Å². The molecule has 0 aromatic carbocycles. The standard InChI is InChI=1S/C17H26N6O2/c1-11-5-9-22(10-6-11)8-4-7-18-15(24)14-20-17-19-13(3)12(2)16(25)23(17)21-14/h11H,4-10H2,1-3H3,(H,18,24)(H,19,20,21). The Hall–Kier alpha value is -2.22. The van der Waals surface area contributed by atoms with E-state index in [0.29, 0.717) is 17.8 Å². The van der Waals surface area contributed by atoms with Gasteiger partial charge in [-0.1, -0.05) is 6.92 Å². The second-order valence-electron chi connectivity index (χ2n) is 6.97. The summed E-state index contributed by atoms with van der Waals surface area (Å²) in [6.07, 6.45) is 3.41. The smallest absolute Gasteiger partial charge is 0.288 e. The molecule has 0 spiro atoms. The lowest BCUT2D eigenvalue weighted by Crippen LogP contribution is -2.35. The summed E-state index contributed by atoms with van der Waals surface area (Å²) in [6, 6.07) is 0. The van der Waals surface area contributed by atoms with Crippen LogP contribution in [0.5, 0.6) is 0 Å². The Morgan fingerprint density at radius 1 is 1.28 bits per heavy atom. The lowest BCUT2D eigenvalue weighted by Gasteiger charge is -2.30. The summed E-state index contributed by atoms with van der Waals surface area (Å²) in [5.41, 5.74) is 0.941. The van der Waals surface area contributed by atoms with E-state index >= 15 is 0 Å². The van der Waals surface area contributed by atoms with E-state index in [0.717, 1.165) is 32.0 Å². The minimum atomic E-state index is -0.313. The quantitative estimate of drug-likeness (QED) is 0.784. The highest BCUT2D eigenvalue weighted by Crippen LogP contribution is 2.15. The number of hydrogen-bond donors (Lipinski definition) is 2. The van der Waals surface area contributed by atoms with Crippen molar-refractivity contribution in [1.29, 1.82) is 0 Å². The summed E-state index contributed by atoms with van der Waals surface area (Å²) >= 11 is 0. The first-order chi connectivity index (χ1) is 12.0. The fourth-order valence-corrected chi connectivity index (χ4v) is 3.08. The van der Waals surface area contributed by atoms with Crippen molar-refractivity contribution in [3.05, 3.63) is 27.4 Å². The molecule has 2 aromatic heterocycles. The van der Waals surface area contributed by atoms with Crippen LogP contribution in [0.4, 0.5) is 0 Å². The Labute approximate surface area is 146 Å². The zero-order valence-corrected chi connectivity index (χ0v) is 15.1. The molecule has 1 aliphatic heterocycles. The SMILES string of the molecule is Cc1nc2nc(C(=O)NCCCN3CCC(C)CC3)[nH]n2c(=O)c1C. The first kappa shape index (κ1) is 17.6. The molecule has 8 nitrogen and oxygen atoms in total. The number of amides is 1. The average Bonchev–Trinajstić information content (AvgIpc) is 3.02. The van der Waals surface area contributed by atoms with Gasteiger partial charge in [-0.25, -0.2) is 4.98 Å². The molecule has 0 unspecified atom stereocenters. The van der Waals surface area contributed by atoms with Gasteiger partial charge in [-0.2, -0.15) is 9.50 Å². The van der Waals surface area contributed by atoms with E-state index in [1.165, 1.54) is 17.4 Å². The van der Waals surface area contributed by atoms with Crippen molar-refractivity contribution in [3.8, 4) is 0 Å². The summed E-state index contributed by atoms with van der Waals surface area (Å²) in [5, 5.41) is 5.59. The van der Waals surface area contributed by atoms with Crippen molar-refractivity contribution in [3.63, 3.8) is 0 Å². The zero-order chi connectivity index (χ0) is 18.0. The lowest BCUT2D eigenvalue weighted by atomic mass is 9.99. The number of H-pyrrole nitrogens is 1. The van der Waals surface area contributed by atoms with Gasteiger partial charge in [0.1, 0.15) is 0 Å². The number of carbonyl (C=O) groups is 1. The Morgan fingerprint density at radius 2 is 2.00 bits per heavy atom. The van der Waals surface area contributed by atoms with Crippen LogP contribution < -0.4 is 10.9 Å². The third kappa shape index (κ3) is 3.89. The summed E-state index contributed by atoms with van der Waals surface area (Å²) in [7, 11) is 0. The van der Waals surface area contributed by atoms with E-state index in [-0.39, 0.29) is 23.1 Å². The molecule has 0 bridgehead atoms. The molecule has 0 atom stereocenters. The number of nitrogens with zero attached hydrogens (tertiary/aromatic N) is 4. The van der Waals surface area contributed by atoms with Crippen LogP contribution in [0.3, 0.4) is 0 Å². The molecular formula is C17H26N6O2. The highest BCUT2D eigenvalue weighted by atomic mass is 16.2. The van der Waals surface area contributed by atoms with Gasteiger partial charge in [0.25, 0.3) is 17.2 Å². The second kappa shape index (κ2) is 7.35. The van der Waals surface area contributed by atoms with Gasteiger partial charge < -0.3 is 10.2 Å². The maximum atomic E-state index is 12.2.